The average molecular weight is 379 g/mol. The van der Waals surface area contributed by atoms with E-state index < -0.39 is 0 Å². The van der Waals surface area contributed by atoms with E-state index in [0.29, 0.717) is 16.3 Å². The maximum atomic E-state index is 12.9. The van der Waals surface area contributed by atoms with Gasteiger partial charge in [0.15, 0.2) is 0 Å². The molecule has 0 fully saturated rings. The third-order valence-electron chi connectivity index (χ3n) is 4.14. The molecule has 0 atom stereocenters. The Kier molecular flexibility index (Phi) is 4.45. The average Bonchev–Trinajstić information content (AvgIpc) is 3.09. The third-order valence-corrected chi connectivity index (χ3v) is 5.45. The number of carbonyl (C=O) groups excluding carboxylic acids is 1. The van der Waals surface area contributed by atoms with E-state index in [2.05, 4.69) is 10.3 Å². The largest absolute Gasteiger partial charge is 0.322 e. The lowest BCUT2D eigenvalue weighted by Gasteiger charge is -2.11. The minimum atomic E-state index is -0.176. The topological polar surface area (TPSA) is 42.0 Å². The number of aryl methyl sites for hydroxylation is 1. The SMILES string of the molecule is Cc1ccc(Cl)cc1NC(=O)c1ccccc1-c1nc2ccccc2s1. The first-order valence-electron chi connectivity index (χ1n) is 8.14. The molecule has 1 aromatic heterocycles. The fourth-order valence-corrected chi connectivity index (χ4v) is 3.95. The monoisotopic (exact) mass is 378 g/mol. The molecule has 0 unspecified atom stereocenters. The van der Waals surface area contributed by atoms with E-state index in [-0.39, 0.29) is 5.91 Å². The summed E-state index contributed by atoms with van der Waals surface area (Å²) < 4.78 is 1.10. The van der Waals surface area contributed by atoms with E-state index in [9.17, 15) is 4.79 Å². The minimum absolute atomic E-state index is 0.176. The Morgan fingerprint density at radius 2 is 1.81 bits per heavy atom. The van der Waals surface area contributed by atoms with Crippen molar-refractivity contribution in [2.75, 3.05) is 5.32 Å². The number of anilines is 1. The van der Waals surface area contributed by atoms with Crippen LogP contribution in [0.2, 0.25) is 5.02 Å². The van der Waals surface area contributed by atoms with E-state index >= 15 is 0 Å². The number of fused-ring (bicyclic) bond motifs is 1. The maximum absolute atomic E-state index is 12.9. The Balaban J connectivity index is 1.73. The number of aromatic nitrogens is 1. The lowest BCUT2D eigenvalue weighted by Crippen LogP contribution is -2.14. The van der Waals surface area contributed by atoms with Crippen LogP contribution in [0.3, 0.4) is 0 Å². The van der Waals surface area contributed by atoms with Gasteiger partial charge in [-0.2, -0.15) is 0 Å². The molecule has 0 aliphatic heterocycles. The highest BCUT2D eigenvalue weighted by molar-refractivity contribution is 7.21. The molecule has 0 radical (unpaired) electrons. The summed E-state index contributed by atoms with van der Waals surface area (Å²) >= 11 is 7.64. The smallest absolute Gasteiger partial charge is 0.256 e. The van der Waals surface area contributed by atoms with Crippen LogP contribution in [-0.4, -0.2) is 10.9 Å². The molecular weight excluding hydrogens is 364 g/mol. The quantitative estimate of drug-likeness (QED) is 0.462. The van der Waals surface area contributed by atoms with Crippen LogP contribution in [0.25, 0.3) is 20.8 Å². The Morgan fingerprint density at radius 3 is 2.65 bits per heavy atom. The Labute approximate surface area is 160 Å². The summed E-state index contributed by atoms with van der Waals surface area (Å²) in [6.45, 7) is 1.94. The van der Waals surface area contributed by atoms with Crippen LogP contribution in [-0.2, 0) is 0 Å². The maximum Gasteiger partial charge on any atom is 0.256 e. The van der Waals surface area contributed by atoms with Gasteiger partial charge in [-0.25, -0.2) is 4.98 Å². The molecule has 128 valence electrons. The lowest BCUT2D eigenvalue weighted by atomic mass is 10.1. The molecule has 4 rings (SSSR count). The van der Waals surface area contributed by atoms with Gasteiger partial charge in [0.2, 0.25) is 0 Å². The number of hydrogen-bond acceptors (Lipinski definition) is 3. The predicted octanol–water partition coefficient (Wildman–Crippen LogP) is 6.18. The molecule has 4 aromatic rings. The molecule has 0 saturated carbocycles. The lowest BCUT2D eigenvalue weighted by molar-refractivity contribution is 0.102. The van der Waals surface area contributed by atoms with Crippen LogP contribution in [0.4, 0.5) is 5.69 Å². The molecule has 1 N–H and O–H groups in total. The highest BCUT2D eigenvalue weighted by atomic mass is 35.5. The van der Waals surface area contributed by atoms with Crippen LogP contribution < -0.4 is 5.32 Å². The van der Waals surface area contributed by atoms with Crippen molar-refractivity contribution >= 4 is 44.7 Å². The van der Waals surface area contributed by atoms with E-state index in [1.165, 1.54) is 0 Å². The van der Waals surface area contributed by atoms with Crippen molar-refractivity contribution in [1.82, 2.24) is 4.98 Å². The van der Waals surface area contributed by atoms with Crippen LogP contribution >= 0.6 is 22.9 Å². The van der Waals surface area contributed by atoms with E-state index in [4.69, 9.17) is 11.6 Å². The van der Waals surface area contributed by atoms with Crippen molar-refractivity contribution in [2.45, 2.75) is 6.92 Å². The van der Waals surface area contributed by atoms with Crippen molar-refractivity contribution in [3.63, 3.8) is 0 Å². The number of rotatable bonds is 3. The number of thiazole rings is 1. The third kappa shape index (κ3) is 3.21. The fourth-order valence-electron chi connectivity index (χ4n) is 2.77. The van der Waals surface area contributed by atoms with E-state index in [1.54, 1.807) is 17.4 Å². The molecule has 0 aliphatic carbocycles. The van der Waals surface area contributed by atoms with Crippen LogP contribution in [0.15, 0.2) is 66.7 Å². The molecule has 3 aromatic carbocycles. The van der Waals surface area contributed by atoms with Crippen molar-refractivity contribution in [3.05, 3.63) is 82.9 Å². The Morgan fingerprint density at radius 1 is 1.04 bits per heavy atom. The van der Waals surface area contributed by atoms with Crippen molar-refractivity contribution in [2.24, 2.45) is 0 Å². The van der Waals surface area contributed by atoms with Gasteiger partial charge in [0.25, 0.3) is 5.91 Å². The summed E-state index contributed by atoms with van der Waals surface area (Å²) in [6.07, 6.45) is 0. The van der Waals surface area contributed by atoms with E-state index in [0.717, 1.165) is 26.4 Å². The number of carbonyl (C=O) groups is 1. The van der Waals surface area contributed by atoms with Gasteiger partial charge >= 0.3 is 0 Å². The molecule has 1 amide bonds. The number of amides is 1. The van der Waals surface area contributed by atoms with Gasteiger partial charge in [0, 0.05) is 21.8 Å². The van der Waals surface area contributed by atoms with Crippen LogP contribution in [0, 0.1) is 6.92 Å². The van der Waals surface area contributed by atoms with Crippen molar-refractivity contribution < 1.29 is 4.79 Å². The molecule has 5 heteroatoms. The first-order valence-corrected chi connectivity index (χ1v) is 9.34. The summed E-state index contributed by atoms with van der Waals surface area (Å²) in [5.74, 6) is -0.176. The second kappa shape index (κ2) is 6.90. The van der Waals surface area contributed by atoms with Gasteiger partial charge in [-0.15, -0.1) is 11.3 Å². The van der Waals surface area contributed by atoms with E-state index in [1.807, 2.05) is 67.6 Å². The molecule has 3 nitrogen and oxygen atoms in total. The minimum Gasteiger partial charge on any atom is -0.322 e. The first kappa shape index (κ1) is 16.8. The highest BCUT2D eigenvalue weighted by Gasteiger charge is 2.16. The Bertz CT molecular complexity index is 1090. The first-order chi connectivity index (χ1) is 12.6. The van der Waals surface area contributed by atoms with Crippen molar-refractivity contribution in [1.29, 1.82) is 0 Å². The van der Waals surface area contributed by atoms with Crippen molar-refractivity contribution in [3.8, 4) is 10.6 Å². The van der Waals surface area contributed by atoms with Gasteiger partial charge in [-0.3, -0.25) is 4.79 Å². The zero-order valence-corrected chi connectivity index (χ0v) is 15.6. The van der Waals surface area contributed by atoms with Crippen LogP contribution in [0.1, 0.15) is 15.9 Å². The summed E-state index contributed by atoms with van der Waals surface area (Å²) in [7, 11) is 0. The molecule has 0 bridgehead atoms. The standard InChI is InChI=1S/C21H15ClN2OS/c1-13-10-11-14(22)12-18(13)23-20(25)15-6-2-3-7-16(15)21-24-17-8-4-5-9-19(17)26-21/h2-12H,1H3,(H,23,25). The summed E-state index contributed by atoms with van der Waals surface area (Å²) in [6, 6.07) is 20.9. The molecule has 0 saturated heterocycles. The number of nitrogens with one attached hydrogen (secondary N) is 1. The summed E-state index contributed by atoms with van der Waals surface area (Å²) in [5, 5.41) is 4.39. The van der Waals surface area contributed by atoms with Gasteiger partial charge in [-0.05, 0) is 42.8 Å². The number of halogens is 1. The zero-order chi connectivity index (χ0) is 18.1. The number of benzene rings is 3. The highest BCUT2D eigenvalue weighted by Crippen LogP contribution is 2.32. The van der Waals surface area contributed by atoms with Gasteiger partial charge in [0.05, 0.1) is 10.2 Å². The van der Waals surface area contributed by atoms with Gasteiger partial charge in [0.1, 0.15) is 5.01 Å². The number of nitrogens with zero attached hydrogens (tertiary/aromatic N) is 1. The second-order valence-electron chi connectivity index (χ2n) is 5.95. The Hall–Kier alpha value is -2.69. The van der Waals surface area contributed by atoms with Crippen LogP contribution in [0.5, 0.6) is 0 Å². The zero-order valence-electron chi connectivity index (χ0n) is 14.0. The predicted molar refractivity (Wildman–Crippen MR) is 109 cm³/mol. The number of hydrogen-bond donors (Lipinski definition) is 1. The molecule has 0 aliphatic rings. The molecule has 26 heavy (non-hydrogen) atoms. The summed E-state index contributed by atoms with van der Waals surface area (Å²) in [4.78, 5) is 17.6. The molecule has 1 heterocycles. The number of para-hydroxylation sites is 1. The second-order valence-corrected chi connectivity index (χ2v) is 7.41. The summed E-state index contributed by atoms with van der Waals surface area (Å²) in [5.41, 5.74) is 4.02. The molecule has 0 spiro atoms. The molecular formula is C21H15ClN2OS. The van der Waals surface area contributed by atoms with Gasteiger partial charge in [-0.1, -0.05) is 48.0 Å². The normalized spacial score (nSPS) is 10.8. The van der Waals surface area contributed by atoms with Gasteiger partial charge < -0.3 is 5.32 Å². The fraction of sp³-hybridized carbons (Fsp3) is 0.0476.